The number of amides is 1. The molecule has 1 aliphatic heterocycles. The van der Waals surface area contributed by atoms with Gasteiger partial charge in [-0.1, -0.05) is 44.9 Å². The summed E-state index contributed by atoms with van der Waals surface area (Å²) in [4.78, 5) is 19.1. The topological polar surface area (TPSA) is 89.6 Å². The minimum Gasteiger partial charge on any atom is -0.474 e. The first-order valence-corrected chi connectivity index (χ1v) is 15.2. The van der Waals surface area contributed by atoms with E-state index in [0.29, 0.717) is 37.0 Å². The van der Waals surface area contributed by atoms with Crippen molar-refractivity contribution in [1.29, 1.82) is 0 Å². The van der Waals surface area contributed by atoms with Gasteiger partial charge < -0.3 is 15.0 Å². The molecule has 0 bridgehead atoms. The lowest BCUT2D eigenvalue weighted by atomic mass is 9.98. The van der Waals surface area contributed by atoms with Crippen LogP contribution in [-0.4, -0.2) is 47.8 Å². The zero-order chi connectivity index (χ0) is 28.5. The van der Waals surface area contributed by atoms with Crippen LogP contribution in [0.15, 0.2) is 36.7 Å². The Kier molecular flexibility index (Phi) is 7.88. The number of anilines is 1. The average molecular weight is 576 g/mol. The van der Waals surface area contributed by atoms with Gasteiger partial charge in [-0.15, -0.1) is 0 Å². The quantitative estimate of drug-likeness (QED) is 0.265. The smallest absolute Gasteiger partial charge is 0.222 e. The molecule has 6 rings (SSSR count). The molecule has 10 heteroatoms. The highest BCUT2D eigenvalue weighted by atomic mass is 35.5. The van der Waals surface area contributed by atoms with Gasteiger partial charge in [-0.05, 0) is 43.7 Å². The van der Waals surface area contributed by atoms with E-state index >= 15 is 0 Å². The SMILES string of the molecule is CCC(=O)N1CCc2nn(-c3cccc(Cl)c3CNc3cc(OC4CCCCC4)nc4c(C(C)C)cnn34)cc2C1. The molecule has 0 unspecified atom stereocenters. The number of benzene rings is 1. The van der Waals surface area contributed by atoms with Crippen LogP contribution in [0.5, 0.6) is 5.88 Å². The fourth-order valence-electron chi connectivity index (χ4n) is 5.89. The fraction of sp³-hybridized carbons (Fsp3) is 0.484. The first kappa shape index (κ1) is 27.6. The minimum absolute atomic E-state index is 0.172. The number of nitrogens with zero attached hydrogens (tertiary/aromatic N) is 6. The molecule has 1 saturated carbocycles. The van der Waals surface area contributed by atoms with Crippen molar-refractivity contribution in [3.63, 3.8) is 0 Å². The van der Waals surface area contributed by atoms with Crippen LogP contribution in [0.2, 0.25) is 5.02 Å². The number of fused-ring (bicyclic) bond motifs is 2. The van der Waals surface area contributed by atoms with E-state index < -0.39 is 0 Å². The van der Waals surface area contributed by atoms with Crippen LogP contribution in [0.25, 0.3) is 11.3 Å². The molecular weight excluding hydrogens is 538 g/mol. The van der Waals surface area contributed by atoms with E-state index in [1.807, 2.05) is 57.7 Å². The zero-order valence-corrected chi connectivity index (χ0v) is 24.8. The van der Waals surface area contributed by atoms with Crippen LogP contribution in [0, 0.1) is 0 Å². The van der Waals surface area contributed by atoms with Gasteiger partial charge in [0.05, 0.1) is 17.6 Å². The normalized spacial score (nSPS) is 15.9. The lowest BCUT2D eigenvalue weighted by molar-refractivity contribution is -0.131. The summed E-state index contributed by atoms with van der Waals surface area (Å²) in [6.45, 7) is 7.95. The average Bonchev–Trinajstić information content (AvgIpc) is 3.60. The van der Waals surface area contributed by atoms with Gasteiger partial charge in [0.15, 0.2) is 5.65 Å². The van der Waals surface area contributed by atoms with Crippen molar-refractivity contribution in [2.24, 2.45) is 0 Å². The molecule has 0 atom stereocenters. The van der Waals surface area contributed by atoms with Crippen LogP contribution < -0.4 is 10.1 Å². The van der Waals surface area contributed by atoms with Gasteiger partial charge in [-0.2, -0.15) is 19.7 Å². The Labute approximate surface area is 245 Å². The molecule has 1 aliphatic carbocycles. The van der Waals surface area contributed by atoms with E-state index in [4.69, 9.17) is 26.4 Å². The summed E-state index contributed by atoms with van der Waals surface area (Å²) in [6.07, 6.45) is 11.2. The molecule has 4 heterocycles. The lowest BCUT2D eigenvalue weighted by Gasteiger charge is -2.25. The Balaban J connectivity index is 1.30. The van der Waals surface area contributed by atoms with Crippen LogP contribution >= 0.6 is 11.6 Å². The van der Waals surface area contributed by atoms with E-state index in [-0.39, 0.29) is 17.9 Å². The molecule has 1 fully saturated rings. The third kappa shape index (κ3) is 5.64. The maximum atomic E-state index is 12.3. The largest absolute Gasteiger partial charge is 0.474 e. The number of halogens is 1. The van der Waals surface area contributed by atoms with Gasteiger partial charge in [-0.3, -0.25) is 4.79 Å². The molecule has 4 aromatic rings. The van der Waals surface area contributed by atoms with E-state index in [0.717, 1.165) is 58.8 Å². The van der Waals surface area contributed by atoms with Crippen molar-refractivity contribution in [3.05, 3.63) is 64.1 Å². The van der Waals surface area contributed by atoms with Crippen molar-refractivity contribution in [1.82, 2.24) is 29.3 Å². The molecule has 216 valence electrons. The Morgan fingerprint density at radius 2 is 2.05 bits per heavy atom. The number of carbonyl (C=O) groups excluding carboxylic acids is 1. The number of ether oxygens (including phenoxy) is 1. The molecule has 0 radical (unpaired) electrons. The van der Waals surface area contributed by atoms with E-state index in [2.05, 4.69) is 24.3 Å². The molecule has 0 saturated heterocycles. The number of rotatable bonds is 8. The van der Waals surface area contributed by atoms with E-state index in [1.54, 1.807) is 0 Å². The summed E-state index contributed by atoms with van der Waals surface area (Å²) < 4.78 is 10.2. The minimum atomic E-state index is 0.172. The molecule has 3 aromatic heterocycles. The van der Waals surface area contributed by atoms with Gasteiger partial charge in [-0.25, -0.2) is 4.68 Å². The standard InChI is InChI=1S/C31H38ClN7O2/c1-4-30(40)37-14-13-26-21(18-37)19-38(36-26)27-12-8-11-25(32)24(27)16-33-28-15-29(41-22-9-6-5-7-10-22)35-31-23(20(2)3)17-34-39(28)31/h8,11-12,15,17,19-20,22,33H,4-7,9-10,13-14,16,18H2,1-3H3. The van der Waals surface area contributed by atoms with Crippen LogP contribution in [0.4, 0.5) is 5.82 Å². The lowest BCUT2D eigenvalue weighted by Crippen LogP contribution is -2.35. The summed E-state index contributed by atoms with van der Waals surface area (Å²) in [5.41, 5.74) is 5.82. The fourth-order valence-corrected chi connectivity index (χ4v) is 6.13. The third-order valence-corrected chi connectivity index (χ3v) is 8.59. The first-order chi connectivity index (χ1) is 19.9. The van der Waals surface area contributed by atoms with Gasteiger partial charge in [0.1, 0.15) is 11.9 Å². The predicted molar refractivity (Wildman–Crippen MR) is 160 cm³/mol. The predicted octanol–water partition coefficient (Wildman–Crippen LogP) is 6.31. The van der Waals surface area contributed by atoms with Crippen LogP contribution in [0.1, 0.15) is 87.6 Å². The van der Waals surface area contributed by atoms with Crippen LogP contribution in [0.3, 0.4) is 0 Å². The third-order valence-electron chi connectivity index (χ3n) is 8.24. The van der Waals surface area contributed by atoms with E-state index in [9.17, 15) is 4.79 Å². The maximum Gasteiger partial charge on any atom is 0.222 e. The summed E-state index contributed by atoms with van der Waals surface area (Å²) in [6, 6.07) is 7.82. The van der Waals surface area contributed by atoms with Gasteiger partial charge in [0, 0.05) is 66.5 Å². The highest BCUT2D eigenvalue weighted by Crippen LogP contribution is 2.30. The number of aromatic nitrogens is 5. The second-order valence-corrected chi connectivity index (χ2v) is 11.8. The molecular formula is C31H38ClN7O2. The molecule has 41 heavy (non-hydrogen) atoms. The summed E-state index contributed by atoms with van der Waals surface area (Å²) >= 11 is 6.79. The monoisotopic (exact) mass is 575 g/mol. The molecule has 1 N–H and O–H groups in total. The first-order valence-electron chi connectivity index (χ1n) is 14.8. The van der Waals surface area contributed by atoms with Gasteiger partial charge in [0.25, 0.3) is 0 Å². The molecule has 0 spiro atoms. The van der Waals surface area contributed by atoms with Crippen molar-refractivity contribution in [3.8, 4) is 11.6 Å². The van der Waals surface area contributed by atoms with Crippen molar-refractivity contribution in [2.75, 3.05) is 11.9 Å². The Morgan fingerprint density at radius 1 is 1.22 bits per heavy atom. The second kappa shape index (κ2) is 11.7. The Hall–Kier alpha value is -3.59. The Morgan fingerprint density at radius 3 is 2.83 bits per heavy atom. The van der Waals surface area contributed by atoms with Crippen molar-refractivity contribution in [2.45, 2.75) is 90.8 Å². The molecule has 9 nitrogen and oxygen atoms in total. The summed E-state index contributed by atoms with van der Waals surface area (Å²) in [7, 11) is 0. The number of hydrogen-bond acceptors (Lipinski definition) is 6. The summed E-state index contributed by atoms with van der Waals surface area (Å²) in [5.74, 6) is 1.87. The maximum absolute atomic E-state index is 12.3. The number of nitrogens with one attached hydrogen (secondary N) is 1. The second-order valence-electron chi connectivity index (χ2n) is 11.4. The van der Waals surface area contributed by atoms with Gasteiger partial charge >= 0.3 is 0 Å². The highest BCUT2D eigenvalue weighted by molar-refractivity contribution is 6.31. The van der Waals surface area contributed by atoms with Crippen molar-refractivity contribution < 1.29 is 9.53 Å². The number of carbonyl (C=O) groups is 1. The zero-order valence-electron chi connectivity index (χ0n) is 24.1. The molecule has 1 aromatic carbocycles. The van der Waals surface area contributed by atoms with Crippen LogP contribution in [-0.2, 0) is 24.3 Å². The van der Waals surface area contributed by atoms with E-state index in [1.165, 1.54) is 19.3 Å². The molecule has 1 amide bonds. The highest BCUT2D eigenvalue weighted by Gasteiger charge is 2.24. The number of hydrogen-bond donors (Lipinski definition) is 1. The molecule has 2 aliphatic rings. The summed E-state index contributed by atoms with van der Waals surface area (Å²) in [5, 5.41) is 13.8. The Bertz CT molecular complexity index is 1550. The van der Waals surface area contributed by atoms with Crippen molar-refractivity contribution >= 4 is 29.0 Å². The van der Waals surface area contributed by atoms with Gasteiger partial charge in [0.2, 0.25) is 11.8 Å².